The van der Waals surface area contributed by atoms with Crippen molar-refractivity contribution < 1.29 is 42.5 Å². The molecule has 5 rings (SSSR count). The fourth-order valence-electron chi connectivity index (χ4n) is 4.88. The molecule has 0 unspecified atom stereocenters. The molecular formula is C34H29FN2O10. The van der Waals surface area contributed by atoms with E-state index in [1.165, 1.54) is 43.3 Å². The predicted molar refractivity (Wildman–Crippen MR) is 162 cm³/mol. The largest absolute Gasteiger partial charge is 0.459 e. The maximum atomic E-state index is 15.0. The van der Waals surface area contributed by atoms with Crippen LogP contribution in [-0.4, -0.2) is 57.7 Å². The summed E-state index contributed by atoms with van der Waals surface area (Å²) in [6.45, 7) is 0.233. The van der Waals surface area contributed by atoms with E-state index in [9.17, 15) is 28.8 Å². The van der Waals surface area contributed by atoms with Gasteiger partial charge in [-0.25, -0.2) is 19.2 Å². The van der Waals surface area contributed by atoms with E-state index in [-0.39, 0.29) is 23.1 Å². The standard InChI is InChI=1S/C34H29FN2O10/c1-2-24(38)18-36-29(39)25(35)19-37(34(36)43)30-28(47-33(42)23-16-10-5-11-17-23)27(46-32(41)22-14-8-4-9-15-22)26(45-30)20-44-31(40)21-12-6-3-7-13-21/h3-17,19,26-28,30H,2,18,20H2,1H3/t26-,27-,28-,30-/m1/s1. The van der Waals surface area contributed by atoms with Crippen molar-refractivity contribution in [1.82, 2.24) is 9.13 Å². The molecular weight excluding hydrogens is 615 g/mol. The first-order valence-electron chi connectivity index (χ1n) is 14.6. The molecule has 1 aromatic heterocycles. The Balaban J connectivity index is 1.58. The molecule has 4 aromatic rings. The van der Waals surface area contributed by atoms with E-state index in [2.05, 4.69) is 0 Å². The van der Waals surface area contributed by atoms with Gasteiger partial charge in [0.05, 0.1) is 29.4 Å². The van der Waals surface area contributed by atoms with Gasteiger partial charge in [-0.1, -0.05) is 61.5 Å². The molecule has 3 aromatic carbocycles. The minimum absolute atomic E-state index is 0.0357. The van der Waals surface area contributed by atoms with Crippen molar-refractivity contribution in [2.75, 3.05) is 6.61 Å². The molecule has 242 valence electrons. The molecule has 0 amide bonds. The van der Waals surface area contributed by atoms with Crippen LogP contribution in [0.25, 0.3) is 0 Å². The van der Waals surface area contributed by atoms with Crippen LogP contribution in [0.4, 0.5) is 4.39 Å². The summed E-state index contributed by atoms with van der Waals surface area (Å²) in [6.07, 6.45) is -5.70. The lowest BCUT2D eigenvalue weighted by Gasteiger charge is -2.25. The van der Waals surface area contributed by atoms with Crippen LogP contribution in [0.1, 0.15) is 50.6 Å². The van der Waals surface area contributed by atoms with Gasteiger partial charge in [-0.3, -0.25) is 18.7 Å². The van der Waals surface area contributed by atoms with Crippen molar-refractivity contribution in [3.63, 3.8) is 0 Å². The van der Waals surface area contributed by atoms with Gasteiger partial charge in [0.25, 0.3) is 5.56 Å². The maximum absolute atomic E-state index is 15.0. The number of carbonyl (C=O) groups is 4. The zero-order chi connectivity index (χ0) is 33.5. The lowest BCUT2D eigenvalue weighted by Crippen LogP contribution is -2.47. The molecule has 1 saturated heterocycles. The van der Waals surface area contributed by atoms with Crippen LogP contribution in [0, 0.1) is 5.82 Å². The van der Waals surface area contributed by atoms with Crippen molar-refractivity contribution >= 4 is 23.7 Å². The van der Waals surface area contributed by atoms with Crippen molar-refractivity contribution in [3.8, 4) is 0 Å². The first-order chi connectivity index (χ1) is 22.7. The van der Waals surface area contributed by atoms with Crippen LogP contribution in [0.5, 0.6) is 0 Å². The number of hydrogen-bond donors (Lipinski definition) is 0. The molecule has 0 bridgehead atoms. The summed E-state index contributed by atoms with van der Waals surface area (Å²) in [7, 11) is 0. The van der Waals surface area contributed by atoms with E-state index >= 15 is 4.39 Å². The van der Waals surface area contributed by atoms with Crippen molar-refractivity contribution in [2.45, 2.75) is 44.4 Å². The minimum Gasteiger partial charge on any atom is -0.459 e. The Bertz CT molecular complexity index is 1880. The van der Waals surface area contributed by atoms with Crippen LogP contribution in [0.15, 0.2) is 107 Å². The Labute approximate surface area is 266 Å². The number of rotatable bonds is 11. The highest BCUT2D eigenvalue weighted by molar-refractivity contribution is 5.91. The van der Waals surface area contributed by atoms with Crippen molar-refractivity contribution in [1.29, 1.82) is 0 Å². The number of ketones is 1. The van der Waals surface area contributed by atoms with E-state index in [0.717, 1.165) is 0 Å². The van der Waals surface area contributed by atoms with E-state index in [1.807, 2.05) is 0 Å². The third kappa shape index (κ3) is 7.42. The number of halogens is 1. The van der Waals surface area contributed by atoms with Crippen molar-refractivity contribution in [2.24, 2.45) is 0 Å². The van der Waals surface area contributed by atoms with Gasteiger partial charge in [-0.05, 0) is 36.4 Å². The molecule has 0 N–H and O–H groups in total. The van der Waals surface area contributed by atoms with Gasteiger partial charge in [0.2, 0.25) is 5.82 Å². The van der Waals surface area contributed by atoms with E-state index in [4.69, 9.17) is 18.9 Å². The number of aromatic nitrogens is 2. The summed E-state index contributed by atoms with van der Waals surface area (Å²) in [6, 6.07) is 23.6. The first kappa shape index (κ1) is 32.7. The van der Waals surface area contributed by atoms with Gasteiger partial charge in [-0.2, -0.15) is 4.39 Å². The number of nitrogens with zero attached hydrogens (tertiary/aromatic N) is 2. The second-order valence-electron chi connectivity index (χ2n) is 10.5. The lowest BCUT2D eigenvalue weighted by molar-refractivity contribution is -0.119. The highest BCUT2D eigenvalue weighted by Crippen LogP contribution is 2.35. The molecule has 47 heavy (non-hydrogen) atoms. The Kier molecular flexibility index (Phi) is 10.2. The van der Waals surface area contributed by atoms with Gasteiger partial charge in [0.1, 0.15) is 12.7 Å². The van der Waals surface area contributed by atoms with Gasteiger partial charge >= 0.3 is 23.6 Å². The summed E-state index contributed by atoms with van der Waals surface area (Å²) < 4.78 is 39.2. The highest BCUT2D eigenvalue weighted by atomic mass is 19.1. The summed E-state index contributed by atoms with van der Waals surface area (Å²) in [5.74, 6) is -4.45. The maximum Gasteiger partial charge on any atom is 0.338 e. The molecule has 0 radical (unpaired) electrons. The highest BCUT2D eigenvalue weighted by Gasteiger charge is 2.52. The van der Waals surface area contributed by atoms with Crippen LogP contribution in [0.2, 0.25) is 0 Å². The normalized spacial score (nSPS) is 18.7. The van der Waals surface area contributed by atoms with Crippen LogP contribution >= 0.6 is 0 Å². The van der Waals surface area contributed by atoms with E-state index in [0.29, 0.717) is 15.3 Å². The molecule has 1 aliphatic heterocycles. The van der Waals surface area contributed by atoms with Crippen LogP contribution in [0.3, 0.4) is 0 Å². The number of esters is 3. The van der Waals surface area contributed by atoms with Gasteiger partial charge in [-0.15, -0.1) is 0 Å². The summed E-state index contributed by atoms with van der Waals surface area (Å²) in [4.78, 5) is 77.8. The first-order valence-corrected chi connectivity index (χ1v) is 14.6. The number of ether oxygens (including phenoxy) is 4. The zero-order valence-electron chi connectivity index (χ0n) is 25.0. The predicted octanol–water partition coefficient (Wildman–Crippen LogP) is 3.33. The number of benzene rings is 3. The van der Waals surface area contributed by atoms with E-state index in [1.54, 1.807) is 54.6 Å². The summed E-state index contributed by atoms with van der Waals surface area (Å²) >= 11 is 0. The SMILES string of the molecule is CCC(=O)Cn1c(=O)c(F)cn([C@@H]2O[C@H](COC(=O)c3ccccc3)[C@@H](OC(=O)c3ccccc3)[C@H]2OC(=O)c2ccccc2)c1=O. The molecule has 1 fully saturated rings. The Morgan fingerprint density at radius 3 is 1.74 bits per heavy atom. The fourth-order valence-corrected chi connectivity index (χ4v) is 4.88. The Morgan fingerprint density at radius 1 is 0.745 bits per heavy atom. The molecule has 1 aliphatic rings. The topological polar surface area (TPSA) is 149 Å². The average Bonchev–Trinajstić information content (AvgIpc) is 3.43. The fraction of sp³-hybridized carbons (Fsp3) is 0.235. The third-order valence-electron chi connectivity index (χ3n) is 7.34. The molecule has 4 atom stereocenters. The van der Waals surface area contributed by atoms with Crippen molar-refractivity contribution in [3.05, 3.63) is 141 Å². The van der Waals surface area contributed by atoms with Gasteiger partial charge < -0.3 is 18.9 Å². The van der Waals surface area contributed by atoms with Crippen LogP contribution in [-0.2, 0) is 30.3 Å². The monoisotopic (exact) mass is 644 g/mol. The Hall–Kier alpha value is -5.69. The second-order valence-corrected chi connectivity index (χ2v) is 10.5. The Morgan fingerprint density at radius 2 is 1.23 bits per heavy atom. The zero-order valence-corrected chi connectivity index (χ0v) is 25.0. The molecule has 0 aliphatic carbocycles. The summed E-state index contributed by atoms with van der Waals surface area (Å²) in [5, 5.41) is 0. The third-order valence-corrected chi connectivity index (χ3v) is 7.34. The average molecular weight is 645 g/mol. The quantitative estimate of drug-likeness (QED) is 0.176. The molecule has 0 spiro atoms. The van der Waals surface area contributed by atoms with E-state index < -0.39 is 78.4 Å². The van der Waals surface area contributed by atoms with Crippen LogP contribution < -0.4 is 11.2 Å². The number of Topliss-reactive ketones (excluding diaryl/α,β-unsaturated/α-hetero) is 1. The van der Waals surface area contributed by atoms with Gasteiger partial charge in [0.15, 0.2) is 24.2 Å². The molecule has 13 heteroatoms. The summed E-state index contributed by atoms with van der Waals surface area (Å²) in [5.41, 5.74) is -2.07. The molecule has 0 saturated carbocycles. The minimum atomic E-state index is -1.71. The second kappa shape index (κ2) is 14.6. The molecule has 2 heterocycles. The number of carbonyl (C=O) groups excluding carboxylic acids is 4. The molecule has 12 nitrogen and oxygen atoms in total. The van der Waals surface area contributed by atoms with Gasteiger partial charge in [0, 0.05) is 6.42 Å². The lowest BCUT2D eigenvalue weighted by atomic mass is 10.1. The smallest absolute Gasteiger partial charge is 0.338 e. The number of hydrogen-bond acceptors (Lipinski definition) is 10.